The zero-order chi connectivity index (χ0) is 11.2. The molecule has 84 valence electrons. The van der Waals surface area contributed by atoms with Crippen molar-refractivity contribution in [3.63, 3.8) is 0 Å². The minimum atomic E-state index is -4.25. The molecule has 0 rings (SSSR count). The Labute approximate surface area is 81.7 Å². The van der Waals surface area contributed by atoms with Crippen LogP contribution in [-0.2, 0) is 4.79 Å². The Morgan fingerprint density at radius 1 is 1.43 bits per heavy atom. The lowest BCUT2D eigenvalue weighted by Crippen LogP contribution is -2.24. The molecule has 1 atom stereocenters. The van der Waals surface area contributed by atoms with Crippen LogP contribution in [0.25, 0.3) is 0 Å². The highest BCUT2D eigenvalue weighted by Gasteiger charge is 2.27. The second-order valence-electron chi connectivity index (χ2n) is 3.41. The van der Waals surface area contributed by atoms with Crippen molar-refractivity contribution in [3.8, 4) is 0 Å². The van der Waals surface area contributed by atoms with E-state index in [2.05, 4.69) is 0 Å². The zero-order valence-corrected chi connectivity index (χ0v) is 8.23. The first-order valence-corrected chi connectivity index (χ1v) is 4.69. The van der Waals surface area contributed by atoms with Crippen molar-refractivity contribution >= 4 is 5.78 Å². The first-order valence-electron chi connectivity index (χ1n) is 4.69. The maximum atomic E-state index is 11.7. The van der Waals surface area contributed by atoms with Crippen molar-refractivity contribution in [3.05, 3.63) is 0 Å². The monoisotopic (exact) mass is 211 g/mol. The fourth-order valence-electron chi connectivity index (χ4n) is 1.15. The number of Topliss-reactive ketones (excluding diaryl/α,β-unsaturated/α-hetero) is 1. The summed E-state index contributed by atoms with van der Waals surface area (Å²) in [7, 11) is 0. The zero-order valence-electron chi connectivity index (χ0n) is 8.23. The first kappa shape index (κ1) is 13.4. The number of ketones is 1. The number of carbonyl (C=O) groups excluding carboxylic acids is 1. The minimum Gasteiger partial charge on any atom is -0.327 e. The molecule has 0 fully saturated rings. The van der Waals surface area contributed by atoms with Gasteiger partial charge in [-0.25, -0.2) is 0 Å². The molecule has 1 unspecified atom stereocenters. The predicted octanol–water partition coefficient (Wildman–Crippen LogP) is 2.42. The Kier molecular flexibility index (Phi) is 5.76. The van der Waals surface area contributed by atoms with Crippen molar-refractivity contribution < 1.29 is 18.0 Å². The van der Waals surface area contributed by atoms with Gasteiger partial charge in [0.15, 0.2) is 0 Å². The fraction of sp³-hybridized carbons (Fsp3) is 0.889. The van der Waals surface area contributed by atoms with Gasteiger partial charge in [0.2, 0.25) is 0 Å². The van der Waals surface area contributed by atoms with Crippen LogP contribution in [0.2, 0.25) is 0 Å². The van der Waals surface area contributed by atoms with Crippen LogP contribution < -0.4 is 5.73 Å². The Hall–Kier alpha value is -0.580. The van der Waals surface area contributed by atoms with Gasteiger partial charge in [-0.05, 0) is 6.42 Å². The lowest BCUT2D eigenvalue weighted by molar-refractivity contribution is -0.143. The molecule has 0 aromatic rings. The van der Waals surface area contributed by atoms with Crippen LogP contribution in [0.15, 0.2) is 0 Å². The molecule has 0 saturated heterocycles. The van der Waals surface area contributed by atoms with Gasteiger partial charge in [0, 0.05) is 18.9 Å². The average Bonchev–Trinajstić information content (AvgIpc) is 2.00. The molecule has 0 aliphatic carbocycles. The average molecular weight is 211 g/mol. The summed E-state index contributed by atoms with van der Waals surface area (Å²) in [5.74, 6) is -0.400. The lowest BCUT2D eigenvalue weighted by atomic mass is 10.0. The van der Waals surface area contributed by atoms with E-state index in [-0.39, 0.29) is 12.5 Å². The third-order valence-electron chi connectivity index (χ3n) is 1.84. The van der Waals surface area contributed by atoms with E-state index in [1.54, 1.807) is 0 Å². The Balaban J connectivity index is 3.65. The normalized spacial score (nSPS) is 14.1. The molecule has 0 saturated carbocycles. The smallest absolute Gasteiger partial charge is 0.327 e. The summed E-state index contributed by atoms with van der Waals surface area (Å²) < 4.78 is 35.2. The summed E-state index contributed by atoms with van der Waals surface area (Å²) in [6.07, 6.45) is -4.15. The second-order valence-corrected chi connectivity index (χ2v) is 3.41. The molecule has 0 aromatic heterocycles. The second kappa shape index (κ2) is 6.01. The third kappa shape index (κ3) is 8.04. The van der Waals surface area contributed by atoms with Crippen molar-refractivity contribution in [1.82, 2.24) is 0 Å². The van der Waals surface area contributed by atoms with Gasteiger partial charge < -0.3 is 5.73 Å². The van der Waals surface area contributed by atoms with Crippen LogP contribution in [-0.4, -0.2) is 18.0 Å². The van der Waals surface area contributed by atoms with E-state index < -0.39 is 24.8 Å². The minimum absolute atomic E-state index is 0.0594. The van der Waals surface area contributed by atoms with Crippen LogP contribution in [0.5, 0.6) is 0 Å². The van der Waals surface area contributed by atoms with Crippen LogP contribution in [0.3, 0.4) is 0 Å². The van der Waals surface area contributed by atoms with Crippen LogP contribution in [0.1, 0.15) is 39.0 Å². The molecule has 0 aromatic carbocycles. The topological polar surface area (TPSA) is 43.1 Å². The summed E-state index contributed by atoms with van der Waals surface area (Å²) in [6.45, 7) is 1.92. The third-order valence-corrected chi connectivity index (χ3v) is 1.84. The number of hydrogen-bond acceptors (Lipinski definition) is 2. The molecule has 14 heavy (non-hydrogen) atoms. The maximum absolute atomic E-state index is 11.7. The van der Waals surface area contributed by atoms with Crippen LogP contribution in [0.4, 0.5) is 13.2 Å². The standard InChI is InChI=1S/C9H16F3NO/c1-2-3-7(13)6-8(14)4-5-9(10,11)12/h7H,2-6,13H2,1H3. The molecule has 0 aliphatic rings. The molecule has 2 nitrogen and oxygen atoms in total. The Morgan fingerprint density at radius 3 is 2.43 bits per heavy atom. The molecule has 2 N–H and O–H groups in total. The number of hydrogen-bond donors (Lipinski definition) is 1. The summed E-state index contributed by atoms with van der Waals surface area (Å²) in [5.41, 5.74) is 5.52. The van der Waals surface area contributed by atoms with Gasteiger partial charge in [-0.15, -0.1) is 0 Å². The van der Waals surface area contributed by atoms with E-state index in [0.717, 1.165) is 6.42 Å². The van der Waals surface area contributed by atoms with E-state index in [4.69, 9.17) is 5.73 Å². The molecule has 0 spiro atoms. The predicted molar refractivity (Wildman–Crippen MR) is 47.8 cm³/mol. The molecule has 0 amide bonds. The molecule has 0 bridgehead atoms. The Bertz CT molecular complexity index is 179. The number of halogens is 3. The van der Waals surface area contributed by atoms with Crippen LogP contribution in [0, 0.1) is 0 Å². The van der Waals surface area contributed by atoms with Gasteiger partial charge in [-0.3, -0.25) is 4.79 Å². The van der Waals surface area contributed by atoms with Crippen molar-refractivity contribution in [2.75, 3.05) is 0 Å². The molecular formula is C9H16F3NO. The molecule has 0 aliphatic heterocycles. The van der Waals surface area contributed by atoms with Gasteiger partial charge in [0.25, 0.3) is 0 Å². The number of nitrogens with two attached hydrogens (primary N) is 1. The van der Waals surface area contributed by atoms with Crippen molar-refractivity contribution in [2.24, 2.45) is 5.73 Å². The largest absolute Gasteiger partial charge is 0.389 e. The molecule has 0 heterocycles. The van der Waals surface area contributed by atoms with E-state index in [1.807, 2.05) is 6.92 Å². The maximum Gasteiger partial charge on any atom is 0.389 e. The Morgan fingerprint density at radius 2 is 2.00 bits per heavy atom. The van der Waals surface area contributed by atoms with E-state index in [0.29, 0.717) is 6.42 Å². The van der Waals surface area contributed by atoms with Gasteiger partial charge in [0.1, 0.15) is 5.78 Å². The summed E-state index contributed by atoms with van der Waals surface area (Å²) in [4.78, 5) is 11.0. The SMILES string of the molecule is CCCC(N)CC(=O)CCC(F)(F)F. The fourth-order valence-corrected chi connectivity index (χ4v) is 1.15. The molecular weight excluding hydrogens is 195 g/mol. The first-order chi connectivity index (χ1) is 6.35. The lowest BCUT2D eigenvalue weighted by Gasteiger charge is -2.09. The molecule has 0 radical (unpaired) electrons. The van der Waals surface area contributed by atoms with Gasteiger partial charge in [-0.2, -0.15) is 13.2 Å². The van der Waals surface area contributed by atoms with Crippen molar-refractivity contribution in [1.29, 1.82) is 0 Å². The summed E-state index contributed by atoms with van der Waals surface area (Å²) >= 11 is 0. The highest BCUT2D eigenvalue weighted by Crippen LogP contribution is 2.21. The van der Waals surface area contributed by atoms with E-state index in [9.17, 15) is 18.0 Å². The number of rotatable bonds is 6. The number of carbonyl (C=O) groups is 1. The van der Waals surface area contributed by atoms with Gasteiger partial charge in [-0.1, -0.05) is 13.3 Å². The van der Waals surface area contributed by atoms with Gasteiger partial charge in [0.05, 0.1) is 6.42 Å². The van der Waals surface area contributed by atoms with E-state index >= 15 is 0 Å². The number of alkyl halides is 3. The van der Waals surface area contributed by atoms with E-state index in [1.165, 1.54) is 0 Å². The molecule has 5 heteroatoms. The van der Waals surface area contributed by atoms with Crippen LogP contribution >= 0.6 is 0 Å². The highest BCUT2D eigenvalue weighted by molar-refractivity contribution is 5.78. The highest BCUT2D eigenvalue weighted by atomic mass is 19.4. The summed E-state index contributed by atoms with van der Waals surface area (Å²) in [6, 6.07) is -0.291. The van der Waals surface area contributed by atoms with Gasteiger partial charge >= 0.3 is 6.18 Å². The quantitative estimate of drug-likeness (QED) is 0.733. The summed E-state index contributed by atoms with van der Waals surface area (Å²) in [5, 5.41) is 0. The van der Waals surface area contributed by atoms with Crippen molar-refractivity contribution in [2.45, 2.75) is 51.2 Å².